The highest BCUT2D eigenvalue weighted by Gasteiger charge is 2.26. The molecular formula is C12H15F2N3O3S. The highest BCUT2D eigenvalue weighted by Crippen LogP contribution is 2.13. The van der Waals surface area contributed by atoms with E-state index in [1.807, 2.05) is 0 Å². The van der Waals surface area contributed by atoms with Crippen LogP contribution in [0.2, 0.25) is 0 Å². The Morgan fingerprint density at radius 2 is 1.81 bits per heavy atom. The molecule has 0 aliphatic carbocycles. The first kappa shape index (κ1) is 15.8. The molecule has 1 saturated heterocycles. The SMILES string of the molecule is NS(=O)(=O)N1CCN(C(=O)Cc2ccc(F)cc2F)CC1. The first-order chi connectivity index (χ1) is 9.77. The van der Waals surface area contributed by atoms with E-state index in [1.54, 1.807) is 0 Å². The fourth-order valence-corrected chi connectivity index (χ4v) is 2.80. The number of piperazine rings is 1. The van der Waals surface area contributed by atoms with Crippen LogP contribution in [0, 0.1) is 11.6 Å². The number of halogens is 2. The molecule has 0 unspecified atom stereocenters. The molecular weight excluding hydrogens is 304 g/mol. The number of carbonyl (C=O) groups excluding carboxylic acids is 1. The van der Waals surface area contributed by atoms with Gasteiger partial charge in [0.05, 0.1) is 6.42 Å². The summed E-state index contributed by atoms with van der Waals surface area (Å²) < 4.78 is 49.6. The van der Waals surface area contributed by atoms with E-state index in [0.29, 0.717) is 0 Å². The fraction of sp³-hybridized carbons (Fsp3) is 0.417. The molecule has 1 aromatic carbocycles. The van der Waals surface area contributed by atoms with Crippen LogP contribution in [0.3, 0.4) is 0 Å². The van der Waals surface area contributed by atoms with Gasteiger partial charge in [0.1, 0.15) is 11.6 Å². The summed E-state index contributed by atoms with van der Waals surface area (Å²) in [5, 5.41) is 5.00. The third kappa shape index (κ3) is 3.96. The number of nitrogens with zero attached hydrogens (tertiary/aromatic N) is 2. The molecule has 1 fully saturated rings. The van der Waals surface area contributed by atoms with Gasteiger partial charge in [-0.3, -0.25) is 4.79 Å². The van der Waals surface area contributed by atoms with Crippen molar-refractivity contribution in [3.8, 4) is 0 Å². The van der Waals surface area contributed by atoms with Gasteiger partial charge in [-0.15, -0.1) is 0 Å². The number of carbonyl (C=O) groups is 1. The first-order valence-electron chi connectivity index (χ1n) is 6.27. The molecule has 0 aromatic heterocycles. The molecule has 2 N–H and O–H groups in total. The standard InChI is InChI=1S/C12H15F2N3O3S/c13-10-2-1-9(11(14)8-10)7-12(18)16-3-5-17(6-4-16)21(15,19)20/h1-2,8H,3-7H2,(H2,15,19,20). The van der Waals surface area contributed by atoms with E-state index in [-0.39, 0.29) is 44.1 Å². The lowest BCUT2D eigenvalue weighted by Crippen LogP contribution is -2.52. The average Bonchev–Trinajstić information content (AvgIpc) is 2.41. The molecule has 0 radical (unpaired) electrons. The van der Waals surface area contributed by atoms with Crippen molar-refractivity contribution in [2.24, 2.45) is 5.14 Å². The molecule has 116 valence electrons. The second-order valence-corrected chi connectivity index (χ2v) is 6.28. The zero-order valence-electron chi connectivity index (χ0n) is 11.1. The molecule has 0 bridgehead atoms. The van der Waals surface area contributed by atoms with Crippen molar-refractivity contribution in [3.63, 3.8) is 0 Å². The van der Waals surface area contributed by atoms with Gasteiger partial charge in [-0.25, -0.2) is 13.9 Å². The van der Waals surface area contributed by atoms with Crippen molar-refractivity contribution in [2.45, 2.75) is 6.42 Å². The number of hydrogen-bond acceptors (Lipinski definition) is 3. The fourth-order valence-electron chi connectivity index (χ4n) is 2.13. The summed E-state index contributed by atoms with van der Waals surface area (Å²) in [6.07, 6.45) is -0.193. The van der Waals surface area contributed by atoms with Gasteiger partial charge in [0.2, 0.25) is 5.91 Å². The Kier molecular flexibility index (Phi) is 4.55. The predicted octanol–water partition coefficient (Wildman–Crippen LogP) is -0.145. The lowest BCUT2D eigenvalue weighted by molar-refractivity contribution is -0.131. The second-order valence-electron chi connectivity index (χ2n) is 4.74. The van der Waals surface area contributed by atoms with Crippen LogP contribution in [-0.2, 0) is 21.4 Å². The Morgan fingerprint density at radius 1 is 1.19 bits per heavy atom. The maximum Gasteiger partial charge on any atom is 0.277 e. The van der Waals surface area contributed by atoms with Gasteiger partial charge in [0.25, 0.3) is 10.2 Å². The molecule has 9 heteroatoms. The van der Waals surface area contributed by atoms with E-state index in [2.05, 4.69) is 0 Å². The van der Waals surface area contributed by atoms with Crippen molar-refractivity contribution >= 4 is 16.1 Å². The summed E-state index contributed by atoms with van der Waals surface area (Å²) in [4.78, 5) is 13.5. The lowest BCUT2D eigenvalue weighted by Gasteiger charge is -2.33. The molecule has 0 saturated carbocycles. The van der Waals surface area contributed by atoms with Gasteiger partial charge in [0.15, 0.2) is 0 Å². The van der Waals surface area contributed by atoms with E-state index in [4.69, 9.17) is 5.14 Å². The second kappa shape index (κ2) is 6.04. The van der Waals surface area contributed by atoms with Crippen molar-refractivity contribution in [1.82, 2.24) is 9.21 Å². The Bertz CT molecular complexity index is 643. The minimum Gasteiger partial charge on any atom is -0.340 e. The van der Waals surface area contributed by atoms with Crippen LogP contribution in [0.4, 0.5) is 8.78 Å². The number of amides is 1. The molecule has 1 heterocycles. The summed E-state index contributed by atoms with van der Waals surface area (Å²) in [5.74, 6) is -1.81. The Labute approximate surface area is 121 Å². The largest absolute Gasteiger partial charge is 0.340 e. The normalized spacial score (nSPS) is 17.0. The minimum absolute atomic E-state index is 0.107. The quantitative estimate of drug-likeness (QED) is 0.841. The molecule has 21 heavy (non-hydrogen) atoms. The maximum absolute atomic E-state index is 13.5. The van der Waals surface area contributed by atoms with E-state index in [0.717, 1.165) is 16.4 Å². The van der Waals surface area contributed by atoms with E-state index < -0.39 is 21.8 Å². The number of benzene rings is 1. The molecule has 6 nitrogen and oxygen atoms in total. The van der Waals surface area contributed by atoms with Crippen LogP contribution >= 0.6 is 0 Å². The summed E-state index contributed by atoms with van der Waals surface area (Å²) in [7, 11) is -3.75. The molecule has 1 aliphatic rings. The molecule has 1 amide bonds. The average molecular weight is 319 g/mol. The van der Waals surface area contributed by atoms with Crippen LogP contribution in [0.5, 0.6) is 0 Å². The van der Waals surface area contributed by atoms with Gasteiger partial charge >= 0.3 is 0 Å². The Morgan fingerprint density at radius 3 is 2.33 bits per heavy atom. The van der Waals surface area contributed by atoms with Crippen molar-refractivity contribution in [3.05, 3.63) is 35.4 Å². The van der Waals surface area contributed by atoms with Crippen molar-refractivity contribution in [1.29, 1.82) is 0 Å². The van der Waals surface area contributed by atoms with Gasteiger partial charge in [-0.05, 0) is 11.6 Å². The maximum atomic E-state index is 13.5. The third-order valence-electron chi connectivity index (χ3n) is 3.31. The predicted molar refractivity (Wildman–Crippen MR) is 71.3 cm³/mol. The van der Waals surface area contributed by atoms with Crippen LogP contribution < -0.4 is 5.14 Å². The van der Waals surface area contributed by atoms with Crippen LogP contribution in [0.25, 0.3) is 0 Å². The first-order valence-corrected chi connectivity index (χ1v) is 7.77. The summed E-state index contributed by atoms with van der Waals surface area (Å²) >= 11 is 0. The van der Waals surface area contributed by atoms with Crippen LogP contribution in [0.1, 0.15) is 5.56 Å². The minimum atomic E-state index is -3.75. The summed E-state index contributed by atoms with van der Waals surface area (Å²) in [5.41, 5.74) is 0.107. The van der Waals surface area contributed by atoms with Crippen molar-refractivity contribution in [2.75, 3.05) is 26.2 Å². The monoisotopic (exact) mass is 319 g/mol. The van der Waals surface area contributed by atoms with E-state index >= 15 is 0 Å². The molecule has 0 spiro atoms. The Hall–Kier alpha value is -1.58. The van der Waals surface area contributed by atoms with E-state index in [1.165, 1.54) is 11.0 Å². The van der Waals surface area contributed by atoms with Gasteiger partial charge in [0, 0.05) is 32.2 Å². The van der Waals surface area contributed by atoms with E-state index in [9.17, 15) is 22.0 Å². The summed E-state index contributed by atoms with van der Waals surface area (Å²) in [6.45, 7) is 0.600. The van der Waals surface area contributed by atoms with Crippen LogP contribution in [-0.4, -0.2) is 49.7 Å². The highest BCUT2D eigenvalue weighted by molar-refractivity contribution is 7.86. The van der Waals surface area contributed by atoms with Gasteiger partial charge in [-0.2, -0.15) is 12.7 Å². The molecule has 0 atom stereocenters. The molecule has 2 rings (SSSR count). The summed E-state index contributed by atoms with van der Waals surface area (Å²) in [6, 6.07) is 3.04. The van der Waals surface area contributed by atoms with Crippen LogP contribution in [0.15, 0.2) is 18.2 Å². The smallest absolute Gasteiger partial charge is 0.277 e. The van der Waals surface area contributed by atoms with Crippen molar-refractivity contribution < 1.29 is 22.0 Å². The Balaban J connectivity index is 1.96. The molecule has 1 aromatic rings. The topological polar surface area (TPSA) is 83.7 Å². The highest BCUT2D eigenvalue weighted by atomic mass is 32.2. The van der Waals surface area contributed by atoms with Gasteiger partial charge < -0.3 is 4.90 Å². The number of nitrogens with two attached hydrogens (primary N) is 1. The third-order valence-corrected chi connectivity index (χ3v) is 4.39. The zero-order valence-corrected chi connectivity index (χ0v) is 11.9. The zero-order chi connectivity index (χ0) is 15.6. The lowest BCUT2D eigenvalue weighted by atomic mass is 10.1. The number of hydrogen-bond donors (Lipinski definition) is 1. The number of rotatable bonds is 3. The van der Waals surface area contributed by atoms with Gasteiger partial charge in [-0.1, -0.05) is 6.07 Å². The molecule has 1 aliphatic heterocycles.